The van der Waals surface area contributed by atoms with Gasteiger partial charge in [-0.05, 0) is 73.2 Å². The number of anilines is 1. The van der Waals surface area contributed by atoms with Gasteiger partial charge in [0, 0.05) is 14.1 Å². The van der Waals surface area contributed by atoms with Gasteiger partial charge in [-0.25, -0.2) is 4.98 Å². The van der Waals surface area contributed by atoms with E-state index in [0.29, 0.717) is 11.2 Å². The number of hydrogen-bond donors (Lipinski definition) is 2. The molecule has 4 nitrogen and oxygen atoms in total. The first-order valence-corrected chi connectivity index (χ1v) is 8.87. The zero-order valence-corrected chi connectivity index (χ0v) is 15.5. The second-order valence-corrected chi connectivity index (χ2v) is 7.74. The number of nitrogens with one attached hydrogen (secondary N) is 2. The maximum Gasteiger partial charge on any atom is 0.259 e. The molecule has 0 aliphatic heterocycles. The molecule has 2 N–H and O–H groups in total. The largest absolute Gasteiger partial charge is 0.375 e. The van der Waals surface area contributed by atoms with Crippen LogP contribution in [0.25, 0.3) is 10.2 Å². The Labute approximate surface area is 146 Å². The van der Waals surface area contributed by atoms with E-state index in [2.05, 4.69) is 37.9 Å². The van der Waals surface area contributed by atoms with Gasteiger partial charge >= 0.3 is 0 Å². The van der Waals surface area contributed by atoms with Gasteiger partial charge in [0.15, 0.2) is 0 Å². The van der Waals surface area contributed by atoms with Crippen LogP contribution in [0.3, 0.4) is 0 Å². The van der Waals surface area contributed by atoms with Crippen molar-refractivity contribution >= 4 is 49.8 Å². The van der Waals surface area contributed by atoms with E-state index < -0.39 is 0 Å². The minimum atomic E-state index is -0.0696. The maximum atomic E-state index is 12.3. The normalized spacial score (nSPS) is 12.5. The van der Waals surface area contributed by atoms with Crippen LogP contribution in [-0.4, -0.2) is 9.97 Å². The molecule has 0 aliphatic rings. The Kier molecular flexibility index (Phi) is 4.22. The molecular formula is C16H16IN3OS. The molecule has 2 heterocycles. The number of aryl methyl sites for hydroxylation is 2. The molecule has 0 bridgehead atoms. The molecule has 0 amide bonds. The van der Waals surface area contributed by atoms with Crippen LogP contribution in [0.15, 0.2) is 29.1 Å². The quantitative estimate of drug-likeness (QED) is 0.613. The number of hydrogen-bond acceptors (Lipinski definition) is 4. The van der Waals surface area contributed by atoms with Gasteiger partial charge in [0.25, 0.3) is 5.56 Å². The molecule has 0 aliphatic carbocycles. The van der Waals surface area contributed by atoms with Gasteiger partial charge in [0.1, 0.15) is 10.7 Å². The Morgan fingerprint density at radius 2 is 1.95 bits per heavy atom. The highest BCUT2D eigenvalue weighted by atomic mass is 127. The number of aromatic nitrogens is 2. The van der Waals surface area contributed by atoms with E-state index in [1.54, 1.807) is 11.3 Å². The molecule has 0 spiro atoms. The predicted octanol–water partition coefficient (Wildman–Crippen LogP) is 4.38. The van der Waals surface area contributed by atoms with Crippen LogP contribution in [0.1, 0.15) is 29.2 Å². The average molecular weight is 425 g/mol. The van der Waals surface area contributed by atoms with Crippen LogP contribution in [0.2, 0.25) is 0 Å². The minimum Gasteiger partial charge on any atom is -0.375 e. The summed E-state index contributed by atoms with van der Waals surface area (Å²) in [7, 11) is 0. The number of H-pyrrole nitrogens is 1. The average Bonchev–Trinajstić information content (AvgIpc) is 2.77. The number of nitrogens with zero attached hydrogens (tertiary/aromatic N) is 1. The van der Waals surface area contributed by atoms with E-state index in [1.807, 2.05) is 45.0 Å². The fraction of sp³-hybridized carbons (Fsp3) is 0.250. The van der Waals surface area contributed by atoms with E-state index in [4.69, 9.17) is 0 Å². The van der Waals surface area contributed by atoms with Crippen molar-refractivity contribution in [2.24, 2.45) is 0 Å². The number of halogens is 1. The first-order valence-electron chi connectivity index (χ1n) is 6.97. The molecule has 0 saturated heterocycles. The first-order chi connectivity index (χ1) is 10.5. The SMILES string of the molecule is Cc1sc2nc([C@@H](C)Nc3ccc(I)cc3)[nH]c(=O)c2c1C. The van der Waals surface area contributed by atoms with Crippen molar-refractivity contribution in [2.75, 3.05) is 5.32 Å². The van der Waals surface area contributed by atoms with Gasteiger partial charge in [-0.1, -0.05) is 0 Å². The third kappa shape index (κ3) is 2.89. The molecule has 0 saturated carbocycles. The molecular weight excluding hydrogens is 409 g/mol. The summed E-state index contributed by atoms with van der Waals surface area (Å²) in [6.45, 7) is 5.99. The van der Waals surface area contributed by atoms with Gasteiger partial charge in [0.2, 0.25) is 0 Å². The Balaban J connectivity index is 1.95. The molecule has 3 aromatic rings. The topological polar surface area (TPSA) is 57.8 Å². The Bertz CT molecular complexity index is 883. The van der Waals surface area contributed by atoms with E-state index in [9.17, 15) is 4.79 Å². The standard InChI is InChI=1S/C16H16IN3OS/c1-8-10(3)22-16-13(8)15(21)19-14(20-16)9(2)18-12-6-4-11(17)5-7-12/h4-7,9,18H,1-3H3,(H,19,20,21)/t9-/m1/s1. The fourth-order valence-corrected chi connectivity index (χ4v) is 3.74. The van der Waals surface area contributed by atoms with Crippen LogP contribution in [0.4, 0.5) is 5.69 Å². The summed E-state index contributed by atoms with van der Waals surface area (Å²) in [4.78, 5) is 21.8. The Morgan fingerprint density at radius 3 is 2.64 bits per heavy atom. The van der Waals surface area contributed by atoms with Crippen molar-refractivity contribution in [3.63, 3.8) is 0 Å². The van der Waals surface area contributed by atoms with Gasteiger partial charge in [-0.3, -0.25) is 4.79 Å². The molecule has 114 valence electrons. The van der Waals surface area contributed by atoms with E-state index in [1.165, 1.54) is 3.57 Å². The van der Waals surface area contributed by atoms with Crippen molar-refractivity contribution in [3.8, 4) is 0 Å². The number of fused-ring (bicyclic) bond motifs is 1. The summed E-state index contributed by atoms with van der Waals surface area (Å²) in [5, 5.41) is 4.08. The summed E-state index contributed by atoms with van der Waals surface area (Å²) < 4.78 is 1.19. The summed E-state index contributed by atoms with van der Waals surface area (Å²) >= 11 is 3.85. The highest BCUT2D eigenvalue weighted by Crippen LogP contribution is 2.27. The van der Waals surface area contributed by atoms with E-state index >= 15 is 0 Å². The molecule has 1 aromatic carbocycles. The molecule has 0 radical (unpaired) electrons. The van der Waals surface area contributed by atoms with Crippen molar-refractivity contribution < 1.29 is 0 Å². The lowest BCUT2D eigenvalue weighted by molar-refractivity contribution is 0.792. The molecule has 3 rings (SSSR count). The van der Waals surface area contributed by atoms with Gasteiger partial charge in [-0.15, -0.1) is 11.3 Å². The van der Waals surface area contributed by atoms with Crippen LogP contribution < -0.4 is 10.9 Å². The van der Waals surface area contributed by atoms with Crippen LogP contribution in [-0.2, 0) is 0 Å². The summed E-state index contributed by atoms with van der Waals surface area (Å²) in [6.07, 6.45) is 0. The van der Waals surface area contributed by atoms with Crippen molar-refractivity contribution in [2.45, 2.75) is 26.8 Å². The number of aromatic amines is 1. The second kappa shape index (κ2) is 6.00. The molecule has 22 heavy (non-hydrogen) atoms. The van der Waals surface area contributed by atoms with E-state index in [0.717, 1.165) is 21.0 Å². The monoisotopic (exact) mass is 425 g/mol. The second-order valence-electron chi connectivity index (χ2n) is 5.29. The lowest BCUT2D eigenvalue weighted by atomic mass is 10.2. The minimum absolute atomic E-state index is 0.0573. The zero-order chi connectivity index (χ0) is 15.9. The summed E-state index contributed by atoms with van der Waals surface area (Å²) in [6, 6.07) is 8.06. The maximum absolute atomic E-state index is 12.3. The summed E-state index contributed by atoms with van der Waals surface area (Å²) in [5.41, 5.74) is 1.98. The van der Waals surface area contributed by atoms with Crippen molar-refractivity contribution in [1.82, 2.24) is 9.97 Å². The number of benzene rings is 1. The van der Waals surface area contributed by atoms with Crippen LogP contribution in [0.5, 0.6) is 0 Å². The van der Waals surface area contributed by atoms with Crippen molar-refractivity contribution in [1.29, 1.82) is 0 Å². The third-order valence-corrected chi connectivity index (χ3v) is 5.52. The smallest absolute Gasteiger partial charge is 0.259 e. The van der Waals surface area contributed by atoms with Gasteiger partial charge in [0.05, 0.1) is 11.4 Å². The van der Waals surface area contributed by atoms with Crippen molar-refractivity contribution in [3.05, 3.63) is 54.5 Å². The van der Waals surface area contributed by atoms with Crippen LogP contribution >= 0.6 is 33.9 Å². The molecule has 1 atom stereocenters. The number of rotatable bonds is 3. The zero-order valence-electron chi connectivity index (χ0n) is 12.5. The molecule has 0 fully saturated rings. The fourth-order valence-electron chi connectivity index (χ4n) is 2.34. The molecule has 2 aromatic heterocycles. The number of thiophene rings is 1. The Hall–Kier alpha value is -1.41. The van der Waals surface area contributed by atoms with Gasteiger partial charge < -0.3 is 10.3 Å². The highest BCUT2D eigenvalue weighted by molar-refractivity contribution is 14.1. The summed E-state index contributed by atoms with van der Waals surface area (Å²) in [5.74, 6) is 0.664. The predicted molar refractivity (Wildman–Crippen MR) is 101 cm³/mol. The highest BCUT2D eigenvalue weighted by Gasteiger charge is 2.15. The molecule has 6 heteroatoms. The molecule has 0 unspecified atom stereocenters. The first kappa shape index (κ1) is 15.5. The van der Waals surface area contributed by atoms with Crippen LogP contribution in [0, 0.1) is 17.4 Å². The van der Waals surface area contributed by atoms with E-state index in [-0.39, 0.29) is 11.6 Å². The van der Waals surface area contributed by atoms with Gasteiger partial charge in [-0.2, -0.15) is 0 Å². The Morgan fingerprint density at radius 1 is 1.27 bits per heavy atom. The third-order valence-electron chi connectivity index (χ3n) is 3.69. The lowest BCUT2D eigenvalue weighted by Crippen LogP contribution is -2.17. The lowest BCUT2D eigenvalue weighted by Gasteiger charge is -2.14.